The van der Waals surface area contributed by atoms with Gasteiger partial charge in [-0.3, -0.25) is 0 Å². The van der Waals surface area contributed by atoms with Crippen LogP contribution in [0.1, 0.15) is 25.3 Å². The number of ether oxygens (including phenoxy) is 2. The van der Waals surface area contributed by atoms with E-state index in [0.717, 1.165) is 43.9 Å². The van der Waals surface area contributed by atoms with E-state index < -0.39 is 0 Å². The van der Waals surface area contributed by atoms with Crippen molar-refractivity contribution in [2.45, 2.75) is 26.2 Å². The molecular weight excluding hydrogens is 312 g/mol. The number of benzene rings is 1. The number of hydrogen-bond donors (Lipinski definition) is 0. The van der Waals surface area contributed by atoms with Crippen molar-refractivity contribution < 1.29 is 9.47 Å². The maximum atomic E-state index is 5.91. The van der Waals surface area contributed by atoms with Crippen LogP contribution in [0.4, 0.5) is 0 Å². The Morgan fingerprint density at radius 2 is 1.83 bits per heavy atom. The Morgan fingerprint density at radius 3 is 2.48 bits per heavy atom. The molecule has 0 aliphatic carbocycles. The minimum absolute atomic E-state index is 0. The summed E-state index contributed by atoms with van der Waals surface area (Å²) in [5.74, 6) is 1.71. The fourth-order valence-corrected chi connectivity index (χ4v) is 2.82. The first-order chi connectivity index (χ1) is 10.7. The lowest BCUT2D eigenvalue weighted by molar-refractivity contribution is 0.145. The minimum Gasteiger partial charge on any atom is -0.493 e. The predicted molar refractivity (Wildman–Crippen MR) is 98.3 cm³/mol. The molecule has 0 bridgehead atoms. The number of rotatable bonds is 8. The van der Waals surface area contributed by atoms with Gasteiger partial charge in [-0.15, -0.1) is 12.4 Å². The molecule has 0 amide bonds. The molecule has 1 heterocycles. The molecule has 23 heavy (non-hydrogen) atoms. The van der Waals surface area contributed by atoms with Crippen molar-refractivity contribution in [1.82, 2.24) is 9.80 Å². The number of hydrogen-bond acceptors (Lipinski definition) is 4. The van der Waals surface area contributed by atoms with E-state index in [-0.39, 0.29) is 12.4 Å². The first kappa shape index (κ1) is 20.1. The highest BCUT2D eigenvalue weighted by atomic mass is 35.5. The van der Waals surface area contributed by atoms with E-state index in [4.69, 9.17) is 9.47 Å². The summed E-state index contributed by atoms with van der Waals surface area (Å²) < 4.78 is 11.4. The molecule has 4 nitrogen and oxygen atoms in total. The summed E-state index contributed by atoms with van der Waals surface area (Å²) in [5.41, 5.74) is 1.31. The predicted octanol–water partition coefficient (Wildman–Crippen LogP) is 3.09. The first-order valence-corrected chi connectivity index (χ1v) is 8.43. The Labute approximate surface area is 147 Å². The van der Waals surface area contributed by atoms with Crippen molar-refractivity contribution in [3.63, 3.8) is 0 Å². The van der Waals surface area contributed by atoms with Gasteiger partial charge >= 0.3 is 0 Å². The van der Waals surface area contributed by atoms with E-state index in [9.17, 15) is 0 Å². The van der Waals surface area contributed by atoms with Gasteiger partial charge in [0.15, 0.2) is 11.5 Å². The molecule has 0 radical (unpaired) electrons. The molecule has 1 aliphatic rings. The van der Waals surface area contributed by atoms with Gasteiger partial charge in [-0.1, -0.05) is 19.4 Å². The maximum absolute atomic E-state index is 5.91. The van der Waals surface area contributed by atoms with E-state index in [2.05, 4.69) is 35.9 Å². The highest BCUT2D eigenvalue weighted by molar-refractivity contribution is 5.85. The molecule has 0 aromatic heterocycles. The Balaban J connectivity index is 0.00000264. The fraction of sp³-hybridized carbons (Fsp3) is 0.667. The molecule has 0 atom stereocenters. The standard InChI is InChI=1S/C18H30N2O2.ClH/c1-4-6-16-7-8-17(18(15-16)21-3)22-14-5-9-20-12-10-19(2)11-13-20;/h7-8,15H,4-6,9-14H2,1-3H3;1H. The molecule has 1 saturated heterocycles. The number of piperazine rings is 1. The molecule has 132 valence electrons. The minimum atomic E-state index is 0. The molecular formula is C18H31ClN2O2. The van der Waals surface area contributed by atoms with E-state index in [0.29, 0.717) is 0 Å². The SMILES string of the molecule is CCCc1ccc(OCCCN2CCN(C)CC2)c(OC)c1.Cl. The van der Waals surface area contributed by atoms with E-state index in [1.54, 1.807) is 7.11 Å². The van der Waals surface area contributed by atoms with Crippen LogP contribution in [0.25, 0.3) is 0 Å². The zero-order chi connectivity index (χ0) is 15.8. The molecule has 0 saturated carbocycles. The summed E-state index contributed by atoms with van der Waals surface area (Å²) in [4.78, 5) is 4.90. The molecule has 0 N–H and O–H groups in total. The number of likely N-dealkylation sites (N-methyl/N-ethyl adjacent to an activating group) is 1. The maximum Gasteiger partial charge on any atom is 0.161 e. The summed E-state index contributed by atoms with van der Waals surface area (Å²) in [6, 6.07) is 6.28. The quantitative estimate of drug-likeness (QED) is 0.678. The van der Waals surface area contributed by atoms with Crippen molar-refractivity contribution in [2.24, 2.45) is 0 Å². The molecule has 1 aromatic rings. The molecule has 1 aromatic carbocycles. The van der Waals surface area contributed by atoms with Crippen LogP contribution in [-0.2, 0) is 6.42 Å². The third-order valence-electron chi connectivity index (χ3n) is 4.24. The van der Waals surface area contributed by atoms with Gasteiger partial charge in [0.1, 0.15) is 0 Å². The fourth-order valence-electron chi connectivity index (χ4n) is 2.82. The Kier molecular flexibility index (Phi) is 9.37. The monoisotopic (exact) mass is 342 g/mol. The molecule has 5 heteroatoms. The van der Waals surface area contributed by atoms with Gasteiger partial charge in [0.25, 0.3) is 0 Å². The van der Waals surface area contributed by atoms with Gasteiger partial charge < -0.3 is 19.3 Å². The molecule has 1 fully saturated rings. The van der Waals surface area contributed by atoms with Gasteiger partial charge in [0, 0.05) is 32.7 Å². The van der Waals surface area contributed by atoms with Crippen molar-refractivity contribution >= 4 is 12.4 Å². The smallest absolute Gasteiger partial charge is 0.161 e. The lowest BCUT2D eigenvalue weighted by Crippen LogP contribution is -2.44. The topological polar surface area (TPSA) is 24.9 Å². The number of methoxy groups -OCH3 is 1. The second kappa shape index (κ2) is 10.7. The van der Waals surface area contributed by atoms with Crippen molar-refractivity contribution in [2.75, 3.05) is 53.5 Å². The van der Waals surface area contributed by atoms with Crippen molar-refractivity contribution in [1.29, 1.82) is 0 Å². The molecule has 2 rings (SSSR count). The summed E-state index contributed by atoms with van der Waals surface area (Å²) in [6.45, 7) is 8.74. The Bertz CT molecular complexity index is 449. The van der Waals surface area contributed by atoms with Crippen molar-refractivity contribution in [3.8, 4) is 11.5 Å². The van der Waals surface area contributed by atoms with Crippen LogP contribution in [0.2, 0.25) is 0 Å². The van der Waals surface area contributed by atoms with Crippen molar-refractivity contribution in [3.05, 3.63) is 23.8 Å². The second-order valence-electron chi connectivity index (χ2n) is 6.08. The zero-order valence-corrected chi connectivity index (χ0v) is 15.5. The molecule has 0 spiro atoms. The Hall–Kier alpha value is -0.970. The van der Waals surface area contributed by atoms with Crippen LogP contribution < -0.4 is 9.47 Å². The average Bonchev–Trinajstić information content (AvgIpc) is 2.54. The largest absolute Gasteiger partial charge is 0.493 e. The summed E-state index contributed by atoms with van der Waals surface area (Å²) in [5, 5.41) is 0. The summed E-state index contributed by atoms with van der Waals surface area (Å²) in [7, 11) is 3.90. The zero-order valence-electron chi connectivity index (χ0n) is 14.7. The van der Waals surface area contributed by atoms with Crippen LogP contribution in [0.5, 0.6) is 11.5 Å². The summed E-state index contributed by atoms with van der Waals surface area (Å²) in [6.07, 6.45) is 3.29. The van der Waals surface area contributed by atoms with E-state index in [1.165, 1.54) is 31.7 Å². The van der Waals surface area contributed by atoms with Gasteiger partial charge in [0.2, 0.25) is 0 Å². The van der Waals surface area contributed by atoms with Gasteiger partial charge in [-0.25, -0.2) is 0 Å². The average molecular weight is 343 g/mol. The highest BCUT2D eigenvalue weighted by Crippen LogP contribution is 2.28. The Morgan fingerprint density at radius 1 is 1.09 bits per heavy atom. The third-order valence-corrected chi connectivity index (χ3v) is 4.24. The first-order valence-electron chi connectivity index (χ1n) is 8.43. The second-order valence-corrected chi connectivity index (χ2v) is 6.08. The van der Waals surface area contributed by atoms with Crippen LogP contribution >= 0.6 is 12.4 Å². The van der Waals surface area contributed by atoms with Gasteiger partial charge in [0.05, 0.1) is 13.7 Å². The van der Waals surface area contributed by atoms with E-state index >= 15 is 0 Å². The number of aryl methyl sites for hydroxylation is 1. The highest BCUT2D eigenvalue weighted by Gasteiger charge is 2.13. The summed E-state index contributed by atoms with van der Waals surface area (Å²) >= 11 is 0. The molecule has 1 aliphatic heterocycles. The number of halogens is 1. The van der Waals surface area contributed by atoms with Crippen LogP contribution in [-0.4, -0.2) is 63.3 Å². The normalized spacial score (nSPS) is 16.0. The van der Waals surface area contributed by atoms with Gasteiger partial charge in [-0.05, 0) is 37.6 Å². The lowest BCUT2D eigenvalue weighted by Gasteiger charge is -2.32. The van der Waals surface area contributed by atoms with Crippen LogP contribution in [0.15, 0.2) is 18.2 Å². The van der Waals surface area contributed by atoms with Gasteiger partial charge in [-0.2, -0.15) is 0 Å². The van der Waals surface area contributed by atoms with Crippen LogP contribution in [0.3, 0.4) is 0 Å². The van der Waals surface area contributed by atoms with E-state index in [1.807, 2.05) is 6.07 Å². The van der Waals surface area contributed by atoms with Crippen LogP contribution in [0, 0.1) is 0 Å². The lowest BCUT2D eigenvalue weighted by atomic mass is 10.1. The third kappa shape index (κ3) is 6.58. The number of nitrogens with zero attached hydrogens (tertiary/aromatic N) is 2. The molecule has 0 unspecified atom stereocenters.